The van der Waals surface area contributed by atoms with Gasteiger partial charge in [-0.15, -0.1) is 0 Å². The number of esters is 1. The van der Waals surface area contributed by atoms with E-state index in [1.807, 2.05) is 0 Å². The molecule has 1 saturated carbocycles. The second-order valence-electron chi connectivity index (χ2n) is 2.27. The number of hydrogen-bond acceptors (Lipinski definition) is 3. The molecule has 3 nitrogen and oxygen atoms in total. The SMILES string of the molecule is COC(=O)[C@@H]1C[C@]1(Cl)OC. The van der Waals surface area contributed by atoms with E-state index in [0.717, 1.165) is 0 Å². The smallest absolute Gasteiger partial charge is 0.313 e. The molecule has 1 aliphatic rings. The van der Waals surface area contributed by atoms with Crippen molar-refractivity contribution >= 4 is 17.6 Å². The molecule has 0 heterocycles. The van der Waals surface area contributed by atoms with Crippen molar-refractivity contribution in [2.75, 3.05) is 14.2 Å². The summed E-state index contributed by atoms with van der Waals surface area (Å²) in [6, 6.07) is 0. The van der Waals surface area contributed by atoms with Crippen molar-refractivity contribution < 1.29 is 14.3 Å². The van der Waals surface area contributed by atoms with Gasteiger partial charge in [0.25, 0.3) is 0 Å². The first-order valence-corrected chi connectivity index (χ1v) is 3.33. The highest BCUT2D eigenvalue weighted by Gasteiger charge is 2.59. The van der Waals surface area contributed by atoms with Crippen LogP contribution in [0.5, 0.6) is 0 Å². The second kappa shape index (κ2) is 2.40. The van der Waals surface area contributed by atoms with Crippen molar-refractivity contribution in [3.63, 3.8) is 0 Å². The van der Waals surface area contributed by atoms with Gasteiger partial charge in [0.15, 0.2) is 5.06 Å². The predicted molar refractivity (Wildman–Crippen MR) is 35.7 cm³/mol. The van der Waals surface area contributed by atoms with Gasteiger partial charge in [-0.2, -0.15) is 0 Å². The van der Waals surface area contributed by atoms with E-state index >= 15 is 0 Å². The van der Waals surface area contributed by atoms with E-state index in [-0.39, 0.29) is 11.9 Å². The number of carbonyl (C=O) groups is 1. The number of carbonyl (C=O) groups excluding carboxylic acids is 1. The summed E-state index contributed by atoms with van der Waals surface area (Å²) >= 11 is 5.75. The zero-order chi connectivity index (χ0) is 7.78. The third-order valence-electron chi connectivity index (χ3n) is 1.67. The first-order chi connectivity index (χ1) is 4.64. The van der Waals surface area contributed by atoms with Crippen LogP contribution >= 0.6 is 11.6 Å². The Bertz CT molecular complexity index is 159. The van der Waals surface area contributed by atoms with Gasteiger partial charge >= 0.3 is 5.97 Å². The van der Waals surface area contributed by atoms with Crippen molar-refractivity contribution in [3.8, 4) is 0 Å². The summed E-state index contributed by atoms with van der Waals surface area (Å²) in [5.41, 5.74) is 0. The number of alkyl halides is 1. The Kier molecular flexibility index (Phi) is 1.88. The number of halogens is 1. The minimum absolute atomic E-state index is 0.274. The molecule has 0 aliphatic heterocycles. The highest BCUT2D eigenvalue weighted by atomic mass is 35.5. The Hall–Kier alpha value is -0.280. The highest BCUT2D eigenvalue weighted by molar-refractivity contribution is 6.27. The van der Waals surface area contributed by atoms with Crippen LogP contribution in [0.1, 0.15) is 6.42 Å². The summed E-state index contributed by atoms with van der Waals surface area (Å²) < 4.78 is 9.32. The average Bonchev–Trinajstić information content (AvgIpc) is 2.62. The summed E-state index contributed by atoms with van der Waals surface area (Å²) in [6.45, 7) is 0. The van der Waals surface area contributed by atoms with Gasteiger partial charge in [-0.1, -0.05) is 11.6 Å². The molecule has 0 aromatic rings. The summed E-state index contributed by atoms with van der Waals surface area (Å²) in [7, 11) is 2.82. The van der Waals surface area contributed by atoms with Gasteiger partial charge in [0, 0.05) is 13.5 Å². The molecule has 1 fully saturated rings. The van der Waals surface area contributed by atoms with Crippen molar-refractivity contribution in [2.24, 2.45) is 5.92 Å². The molecule has 2 atom stereocenters. The lowest BCUT2D eigenvalue weighted by Crippen LogP contribution is -2.13. The highest BCUT2D eigenvalue weighted by Crippen LogP contribution is 2.50. The van der Waals surface area contributed by atoms with E-state index in [2.05, 4.69) is 4.74 Å². The maximum absolute atomic E-state index is 10.8. The zero-order valence-electron chi connectivity index (χ0n) is 5.89. The second-order valence-corrected chi connectivity index (χ2v) is 2.91. The van der Waals surface area contributed by atoms with E-state index < -0.39 is 5.06 Å². The fourth-order valence-corrected chi connectivity index (χ4v) is 1.09. The Morgan fingerprint density at radius 1 is 1.70 bits per heavy atom. The van der Waals surface area contributed by atoms with Gasteiger partial charge in [-0.25, -0.2) is 0 Å². The number of methoxy groups -OCH3 is 2. The number of ether oxygens (including phenoxy) is 2. The van der Waals surface area contributed by atoms with E-state index in [1.54, 1.807) is 0 Å². The fourth-order valence-electron chi connectivity index (χ4n) is 0.847. The van der Waals surface area contributed by atoms with Crippen LogP contribution in [0.25, 0.3) is 0 Å². The van der Waals surface area contributed by atoms with Gasteiger partial charge < -0.3 is 9.47 Å². The minimum atomic E-state index is -0.771. The van der Waals surface area contributed by atoms with Crippen LogP contribution in [0.3, 0.4) is 0 Å². The lowest BCUT2D eigenvalue weighted by Gasteiger charge is -2.03. The Morgan fingerprint density at radius 3 is 2.60 bits per heavy atom. The van der Waals surface area contributed by atoms with Crippen molar-refractivity contribution in [1.29, 1.82) is 0 Å². The maximum Gasteiger partial charge on any atom is 0.313 e. The van der Waals surface area contributed by atoms with Gasteiger partial charge in [0.2, 0.25) is 0 Å². The predicted octanol–water partition coefficient (Wildman–Crippen LogP) is 0.761. The maximum atomic E-state index is 10.8. The van der Waals surface area contributed by atoms with Gasteiger partial charge in [0.1, 0.15) is 5.92 Å². The standard InChI is InChI=1S/C6H9ClO3/c1-9-5(8)4-3-6(4,7)10-2/h4H,3H2,1-2H3/t4-,6-/m0/s1. The molecule has 10 heavy (non-hydrogen) atoms. The molecule has 0 radical (unpaired) electrons. The third-order valence-corrected chi connectivity index (χ3v) is 2.24. The quantitative estimate of drug-likeness (QED) is 0.447. The molecular formula is C6H9ClO3. The number of rotatable bonds is 2. The summed E-state index contributed by atoms with van der Waals surface area (Å²) in [5, 5.41) is -0.771. The summed E-state index contributed by atoms with van der Waals surface area (Å²) in [6.07, 6.45) is 0.553. The van der Waals surface area contributed by atoms with Gasteiger partial charge in [-0.3, -0.25) is 4.79 Å². The molecule has 0 aromatic heterocycles. The largest absolute Gasteiger partial charge is 0.469 e. The molecule has 0 spiro atoms. The molecule has 0 saturated heterocycles. The third kappa shape index (κ3) is 1.11. The normalized spacial score (nSPS) is 37.3. The van der Waals surface area contributed by atoms with Crippen LogP contribution in [-0.4, -0.2) is 25.2 Å². The Balaban J connectivity index is 2.44. The van der Waals surface area contributed by atoms with Crippen LogP contribution in [0.4, 0.5) is 0 Å². The zero-order valence-corrected chi connectivity index (χ0v) is 6.64. The fraction of sp³-hybridized carbons (Fsp3) is 0.833. The molecule has 1 rings (SSSR count). The van der Waals surface area contributed by atoms with Crippen LogP contribution in [0, 0.1) is 5.92 Å². The van der Waals surface area contributed by atoms with Crippen molar-refractivity contribution in [1.82, 2.24) is 0 Å². The lowest BCUT2D eigenvalue weighted by molar-refractivity contribution is -0.143. The van der Waals surface area contributed by atoms with Crippen LogP contribution in [0.2, 0.25) is 0 Å². The van der Waals surface area contributed by atoms with Gasteiger partial charge in [-0.05, 0) is 0 Å². The molecule has 0 amide bonds. The van der Waals surface area contributed by atoms with E-state index in [9.17, 15) is 4.79 Å². The topological polar surface area (TPSA) is 35.5 Å². The summed E-state index contributed by atoms with van der Waals surface area (Å²) in [5.74, 6) is -0.569. The van der Waals surface area contributed by atoms with Crippen molar-refractivity contribution in [2.45, 2.75) is 11.5 Å². The summed E-state index contributed by atoms with van der Waals surface area (Å²) in [4.78, 5) is 10.8. The molecule has 0 unspecified atom stereocenters. The first kappa shape index (κ1) is 7.82. The molecule has 0 bridgehead atoms. The van der Waals surface area contributed by atoms with E-state index in [0.29, 0.717) is 6.42 Å². The van der Waals surface area contributed by atoms with E-state index in [1.165, 1.54) is 14.2 Å². The van der Waals surface area contributed by atoms with Crippen LogP contribution < -0.4 is 0 Å². The molecular weight excluding hydrogens is 156 g/mol. The first-order valence-electron chi connectivity index (χ1n) is 2.96. The molecule has 58 valence electrons. The Labute approximate surface area is 64.3 Å². The van der Waals surface area contributed by atoms with Crippen molar-refractivity contribution in [3.05, 3.63) is 0 Å². The van der Waals surface area contributed by atoms with Crippen LogP contribution in [0.15, 0.2) is 0 Å². The monoisotopic (exact) mass is 164 g/mol. The molecule has 0 aromatic carbocycles. The molecule has 1 aliphatic carbocycles. The molecule has 0 N–H and O–H groups in total. The lowest BCUT2D eigenvalue weighted by atomic mass is 10.4. The number of hydrogen-bond donors (Lipinski definition) is 0. The van der Waals surface area contributed by atoms with Gasteiger partial charge in [0.05, 0.1) is 7.11 Å². The average molecular weight is 165 g/mol. The Morgan fingerprint density at radius 2 is 2.30 bits per heavy atom. The molecule has 4 heteroatoms. The minimum Gasteiger partial charge on any atom is -0.469 e. The van der Waals surface area contributed by atoms with E-state index in [4.69, 9.17) is 16.3 Å². The van der Waals surface area contributed by atoms with Crippen LogP contribution in [-0.2, 0) is 14.3 Å².